The fraction of sp³-hybridized carbons (Fsp3) is 0.273. The van der Waals surface area contributed by atoms with Crippen LogP contribution in [0.25, 0.3) is 31.0 Å². The minimum absolute atomic E-state index is 0.0245. The number of thiophene rings is 1. The molecule has 1 saturated heterocycles. The van der Waals surface area contributed by atoms with Gasteiger partial charge in [-0.15, -0.1) is 22.7 Å². The number of benzene rings is 5. The lowest BCUT2D eigenvalue weighted by Gasteiger charge is -2.35. The second-order valence-corrected chi connectivity index (χ2v) is 20.6. The summed E-state index contributed by atoms with van der Waals surface area (Å²) < 4.78 is 13.1. The molecule has 372 valence electrons. The van der Waals surface area contributed by atoms with E-state index in [1.54, 1.807) is 102 Å². The molecule has 2 aromatic heterocycles. The topological polar surface area (TPSA) is 212 Å². The van der Waals surface area contributed by atoms with Crippen molar-refractivity contribution in [2.75, 3.05) is 13.2 Å². The summed E-state index contributed by atoms with van der Waals surface area (Å²) in [5.74, 6) is 0.192. The van der Waals surface area contributed by atoms with Crippen molar-refractivity contribution in [3.63, 3.8) is 0 Å². The summed E-state index contributed by atoms with van der Waals surface area (Å²) in [6, 6.07) is 31.2. The molecular weight excluding hydrogens is 953 g/mol. The molecule has 17 heteroatoms. The molecule has 4 atom stereocenters. The highest BCUT2D eigenvalue weighted by Gasteiger charge is 2.44. The average molecular weight is 1010 g/mol. The number of phenolic OH excluding ortho intramolecular Hbond substituents is 2. The van der Waals surface area contributed by atoms with E-state index in [0.717, 1.165) is 42.2 Å². The minimum Gasteiger partial charge on any atom is -0.508 e. The number of β-amino-alcohol motifs (C(OH)–C–C–N with tert-alkyl or cyclic N) is 1. The fourth-order valence-electron chi connectivity index (χ4n) is 8.34. The number of nitrogens with zero attached hydrogens (tertiary/aromatic N) is 3. The Morgan fingerprint density at radius 2 is 1.58 bits per heavy atom. The number of hydrogen-bond donors (Lipinski definition) is 6. The summed E-state index contributed by atoms with van der Waals surface area (Å²) in [5, 5.41) is 41.5. The number of aromatic hydroxyl groups is 2. The number of carbonyl (C=O) groups is 4. The summed E-state index contributed by atoms with van der Waals surface area (Å²) in [4.78, 5) is 61.8. The first-order chi connectivity index (χ1) is 34.5. The van der Waals surface area contributed by atoms with Crippen LogP contribution in [0.2, 0.25) is 0 Å². The van der Waals surface area contributed by atoms with E-state index in [-0.39, 0.29) is 55.3 Å². The zero-order chi connectivity index (χ0) is 51.1. The zero-order valence-electron chi connectivity index (χ0n) is 40.4. The molecule has 15 nitrogen and oxygen atoms in total. The van der Waals surface area contributed by atoms with E-state index in [4.69, 9.17) is 9.47 Å². The number of aliphatic hydroxyl groups excluding tert-OH is 1. The number of ether oxygens (including phenoxy) is 2. The SMILES string of the molecule is Cc1ncsc1-c1ccc(C(C)NC(=O)C2CC(O)CN2C(=O)C(NC(=O)CCCOc2ccc(C=NNC(=O)c3cccc(Oc4c(-c5ccc(O)cc5)sc5cc(O)ccc45)c3)cc2)C(C)(C)C)cc1. The lowest BCUT2D eigenvalue weighted by molar-refractivity contribution is -0.144. The standard InChI is InChI=1S/C55H56N6O9S2/c1-32(35-13-15-36(16-14-35)49-33(2)56-31-71-49)58-53(67)45-27-41(64)30-61(45)54(68)51(55(3,4)5)59-47(65)10-7-25-69-42-22-11-34(12-23-42)29-57-60-52(66)38-8-6-9-43(26-38)70-48-44-24-21-40(63)28-46(44)72-50(48)37-17-19-39(62)20-18-37/h6,8-9,11-24,26,28-29,31-32,41,45,51,62-64H,7,10,25,27,30H2,1-5H3,(H,58,67)(H,59,65)(H,60,66). The van der Waals surface area contributed by atoms with Crippen molar-refractivity contribution in [3.8, 4) is 49.6 Å². The van der Waals surface area contributed by atoms with Crippen LogP contribution >= 0.6 is 22.7 Å². The van der Waals surface area contributed by atoms with Gasteiger partial charge in [-0.2, -0.15) is 5.10 Å². The second-order valence-electron chi connectivity index (χ2n) is 18.7. The number of hydrogen-bond acceptors (Lipinski definition) is 13. The number of rotatable bonds is 17. The molecule has 6 N–H and O–H groups in total. The molecule has 1 aliphatic heterocycles. The van der Waals surface area contributed by atoms with E-state index < -0.39 is 35.4 Å². The van der Waals surface area contributed by atoms with Gasteiger partial charge in [-0.05, 0) is 133 Å². The molecule has 1 fully saturated rings. The van der Waals surface area contributed by atoms with Gasteiger partial charge in [-0.25, -0.2) is 10.4 Å². The van der Waals surface area contributed by atoms with Gasteiger partial charge in [-0.3, -0.25) is 19.2 Å². The number of phenols is 2. The summed E-state index contributed by atoms with van der Waals surface area (Å²) in [7, 11) is 0. The summed E-state index contributed by atoms with van der Waals surface area (Å²) in [6.07, 6.45) is 1.15. The Morgan fingerprint density at radius 3 is 2.29 bits per heavy atom. The van der Waals surface area contributed by atoms with Gasteiger partial charge >= 0.3 is 0 Å². The molecule has 0 spiro atoms. The van der Waals surface area contributed by atoms with Crippen LogP contribution in [-0.2, 0) is 14.4 Å². The van der Waals surface area contributed by atoms with E-state index in [2.05, 4.69) is 26.1 Å². The third kappa shape index (κ3) is 12.3. The Labute approximate surface area is 425 Å². The average Bonchev–Trinajstić information content (AvgIpc) is 4.08. The van der Waals surface area contributed by atoms with Gasteiger partial charge in [0.1, 0.15) is 35.1 Å². The van der Waals surface area contributed by atoms with Crippen molar-refractivity contribution in [2.45, 2.75) is 78.1 Å². The number of carbonyl (C=O) groups excluding carboxylic acids is 4. The predicted octanol–water partition coefficient (Wildman–Crippen LogP) is 9.50. The maximum absolute atomic E-state index is 14.1. The van der Waals surface area contributed by atoms with Gasteiger partial charge in [0.2, 0.25) is 17.7 Å². The fourth-order valence-corrected chi connectivity index (χ4v) is 10.3. The Kier molecular flexibility index (Phi) is 15.7. The van der Waals surface area contributed by atoms with Crippen LogP contribution in [0, 0.1) is 12.3 Å². The van der Waals surface area contributed by atoms with Crippen LogP contribution in [0.3, 0.4) is 0 Å². The molecule has 72 heavy (non-hydrogen) atoms. The van der Waals surface area contributed by atoms with Gasteiger partial charge in [0.05, 0.1) is 45.9 Å². The number of thiazole rings is 1. The number of aromatic nitrogens is 1. The first kappa shape index (κ1) is 50.8. The Bertz CT molecular complexity index is 3090. The van der Waals surface area contributed by atoms with Gasteiger partial charge in [0, 0.05) is 35.0 Å². The van der Waals surface area contributed by atoms with E-state index in [9.17, 15) is 34.5 Å². The van der Waals surface area contributed by atoms with Crippen molar-refractivity contribution in [2.24, 2.45) is 10.5 Å². The molecule has 5 aromatic carbocycles. The molecule has 8 rings (SSSR count). The first-order valence-corrected chi connectivity index (χ1v) is 25.2. The van der Waals surface area contributed by atoms with Crippen LogP contribution < -0.4 is 25.5 Å². The third-order valence-corrected chi connectivity index (χ3v) is 14.4. The van der Waals surface area contributed by atoms with Gasteiger partial charge in [-0.1, -0.05) is 51.1 Å². The van der Waals surface area contributed by atoms with Crippen LogP contribution in [0.5, 0.6) is 28.7 Å². The lowest BCUT2D eigenvalue weighted by Crippen LogP contribution is -2.57. The monoisotopic (exact) mass is 1010 g/mol. The van der Waals surface area contributed by atoms with Crippen molar-refractivity contribution < 1.29 is 44.0 Å². The normalized spacial score (nSPS) is 15.6. The third-order valence-electron chi connectivity index (χ3n) is 12.2. The van der Waals surface area contributed by atoms with Gasteiger partial charge in [0.15, 0.2) is 5.75 Å². The molecule has 0 bridgehead atoms. The number of aryl methyl sites for hydroxylation is 1. The van der Waals surface area contributed by atoms with E-state index in [0.29, 0.717) is 34.8 Å². The highest BCUT2D eigenvalue weighted by Crippen LogP contribution is 2.47. The molecule has 4 unspecified atom stereocenters. The van der Waals surface area contributed by atoms with Crippen LogP contribution in [0.1, 0.15) is 80.2 Å². The zero-order valence-corrected chi connectivity index (χ0v) is 42.1. The van der Waals surface area contributed by atoms with Crippen LogP contribution in [-0.4, -0.2) is 86.4 Å². The number of likely N-dealkylation sites (tertiary alicyclic amines) is 1. The van der Waals surface area contributed by atoms with E-state index >= 15 is 0 Å². The second kappa shape index (κ2) is 22.2. The smallest absolute Gasteiger partial charge is 0.271 e. The van der Waals surface area contributed by atoms with Crippen molar-refractivity contribution in [1.82, 2.24) is 25.9 Å². The number of amides is 4. The van der Waals surface area contributed by atoms with Crippen LogP contribution in [0.15, 0.2) is 126 Å². The maximum Gasteiger partial charge on any atom is 0.271 e. The largest absolute Gasteiger partial charge is 0.508 e. The predicted molar refractivity (Wildman–Crippen MR) is 280 cm³/mol. The Hall–Kier alpha value is -7.60. The molecule has 0 aliphatic carbocycles. The van der Waals surface area contributed by atoms with Gasteiger partial charge < -0.3 is 40.3 Å². The molecule has 0 radical (unpaired) electrons. The highest BCUT2D eigenvalue weighted by molar-refractivity contribution is 7.22. The number of aliphatic hydroxyl groups is 1. The summed E-state index contributed by atoms with van der Waals surface area (Å²) >= 11 is 3.00. The van der Waals surface area contributed by atoms with E-state index in [1.807, 2.05) is 64.4 Å². The molecule has 4 amide bonds. The maximum atomic E-state index is 14.1. The Balaban J connectivity index is 0.795. The summed E-state index contributed by atoms with van der Waals surface area (Å²) in [6.45, 7) is 9.57. The molecule has 7 aromatic rings. The highest BCUT2D eigenvalue weighted by atomic mass is 32.1. The molecular formula is C55H56N6O9S2. The number of fused-ring (bicyclic) bond motifs is 1. The number of hydrazone groups is 1. The van der Waals surface area contributed by atoms with Crippen molar-refractivity contribution >= 4 is 62.6 Å². The van der Waals surface area contributed by atoms with Crippen molar-refractivity contribution in [3.05, 3.63) is 143 Å². The summed E-state index contributed by atoms with van der Waals surface area (Å²) in [5.41, 5.74) is 8.38. The molecule has 3 heterocycles. The number of nitrogens with one attached hydrogen (secondary N) is 3. The van der Waals surface area contributed by atoms with Crippen LogP contribution in [0.4, 0.5) is 0 Å². The lowest BCUT2D eigenvalue weighted by atomic mass is 9.85. The molecule has 1 aliphatic rings. The minimum atomic E-state index is -0.952. The van der Waals surface area contributed by atoms with Crippen molar-refractivity contribution in [1.29, 1.82) is 0 Å². The quantitative estimate of drug-likeness (QED) is 0.0289. The van der Waals surface area contributed by atoms with E-state index in [1.165, 1.54) is 22.5 Å². The molecule has 0 saturated carbocycles. The van der Waals surface area contributed by atoms with Gasteiger partial charge in [0.25, 0.3) is 5.91 Å². The Morgan fingerprint density at radius 1 is 0.875 bits per heavy atom. The first-order valence-electron chi connectivity index (χ1n) is 23.5.